The molecule has 2 heterocycles. The maximum absolute atomic E-state index is 12.6. The molecule has 0 aliphatic carbocycles. The van der Waals surface area contributed by atoms with Crippen LogP contribution in [0.4, 0.5) is 11.6 Å². The molecule has 144 valence electrons. The topological polar surface area (TPSA) is 61.4 Å². The first-order chi connectivity index (χ1) is 13.0. The number of hydrogen-bond acceptors (Lipinski definition) is 5. The summed E-state index contributed by atoms with van der Waals surface area (Å²) in [6, 6.07) is 10.4. The highest BCUT2D eigenvalue weighted by Crippen LogP contribution is 2.18. The fraction of sp³-hybridized carbons (Fsp3) is 0.476. The summed E-state index contributed by atoms with van der Waals surface area (Å²) in [5, 5.41) is 3.25. The molecule has 0 radical (unpaired) electrons. The Morgan fingerprint density at radius 2 is 1.89 bits per heavy atom. The van der Waals surface area contributed by atoms with Gasteiger partial charge >= 0.3 is 0 Å². The molecule has 0 atom stereocenters. The molecule has 1 fully saturated rings. The Bertz CT molecular complexity index is 784. The van der Waals surface area contributed by atoms with Crippen LogP contribution in [0.25, 0.3) is 0 Å². The number of nitrogens with zero attached hydrogens (tertiary/aromatic N) is 4. The molecule has 1 N–H and O–H groups in total. The number of aromatic nitrogens is 2. The lowest BCUT2D eigenvalue weighted by Gasteiger charge is -2.35. The molecule has 1 amide bonds. The summed E-state index contributed by atoms with van der Waals surface area (Å²) in [5.41, 5.74) is 2.47. The molecule has 6 nitrogen and oxygen atoms in total. The average Bonchev–Trinajstić information content (AvgIpc) is 2.66. The Morgan fingerprint density at radius 1 is 1.11 bits per heavy atom. The first kappa shape index (κ1) is 19.1. The molecule has 3 rings (SSSR count). The number of piperazine rings is 1. The van der Waals surface area contributed by atoms with E-state index >= 15 is 0 Å². The molecule has 1 aromatic heterocycles. The minimum Gasteiger partial charge on any atom is -0.370 e. The molecule has 0 bridgehead atoms. The molecule has 0 unspecified atom stereocenters. The highest BCUT2D eigenvalue weighted by molar-refractivity contribution is 5.76. The van der Waals surface area contributed by atoms with E-state index < -0.39 is 0 Å². The van der Waals surface area contributed by atoms with Crippen molar-refractivity contribution in [1.29, 1.82) is 0 Å². The van der Waals surface area contributed by atoms with E-state index in [1.165, 1.54) is 11.1 Å². The second-order valence-corrected chi connectivity index (χ2v) is 7.05. The number of carbonyl (C=O) groups excluding carboxylic acids is 1. The molecule has 1 saturated heterocycles. The summed E-state index contributed by atoms with van der Waals surface area (Å²) in [5.74, 6) is 2.80. The maximum atomic E-state index is 12.6. The predicted octanol–water partition coefficient (Wildman–Crippen LogP) is 2.81. The monoisotopic (exact) mass is 367 g/mol. The zero-order valence-corrected chi connectivity index (χ0v) is 16.5. The van der Waals surface area contributed by atoms with Gasteiger partial charge in [0, 0.05) is 45.2 Å². The fourth-order valence-corrected chi connectivity index (χ4v) is 3.45. The number of amides is 1. The van der Waals surface area contributed by atoms with Gasteiger partial charge in [-0.3, -0.25) is 4.79 Å². The third-order valence-electron chi connectivity index (χ3n) is 4.85. The van der Waals surface area contributed by atoms with Crippen LogP contribution in [0.5, 0.6) is 0 Å². The fourth-order valence-electron chi connectivity index (χ4n) is 3.45. The van der Waals surface area contributed by atoms with Crippen molar-refractivity contribution in [2.75, 3.05) is 42.9 Å². The summed E-state index contributed by atoms with van der Waals surface area (Å²) >= 11 is 0. The SMILES string of the molecule is CCNc1cc(N2CCN(C(=O)CCc3cccc(C)c3)CC2)nc(C)n1. The lowest BCUT2D eigenvalue weighted by Crippen LogP contribution is -2.49. The molecule has 1 aliphatic rings. The number of nitrogens with one attached hydrogen (secondary N) is 1. The van der Waals surface area contributed by atoms with Crippen LogP contribution in [-0.2, 0) is 11.2 Å². The van der Waals surface area contributed by atoms with Gasteiger partial charge in [0.25, 0.3) is 0 Å². The molecule has 2 aromatic rings. The minimum atomic E-state index is 0.239. The predicted molar refractivity (Wildman–Crippen MR) is 109 cm³/mol. The lowest BCUT2D eigenvalue weighted by atomic mass is 10.1. The van der Waals surface area contributed by atoms with Crippen LogP contribution in [0.3, 0.4) is 0 Å². The van der Waals surface area contributed by atoms with E-state index in [9.17, 15) is 4.79 Å². The summed E-state index contributed by atoms with van der Waals surface area (Å²) < 4.78 is 0. The quantitative estimate of drug-likeness (QED) is 0.851. The van der Waals surface area contributed by atoms with E-state index in [0.29, 0.717) is 6.42 Å². The summed E-state index contributed by atoms with van der Waals surface area (Å²) in [4.78, 5) is 25.8. The van der Waals surface area contributed by atoms with Gasteiger partial charge in [0.15, 0.2) is 0 Å². The van der Waals surface area contributed by atoms with Crippen LogP contribution >= 0.6 is 0 Å². The summed E-state index contributed by atoms with van der Waals surface area (Å²) in [6.45, 7) is 9.97. The number of aryl methyl sites for hydroxylation is 3. The van der Waals surface area contributed by atoms with Crippen LogP contribution in [0.1, 0.15) is 30.3 Å². The smallest absolute Gasteiger partial charge is 0.223 e. The van der Waals surface area contributed by atoms with Crippen molar-refractivity contribution < 1.29 is 4.79 Å². The van der Waals surface area contributed by atoms with E-state index in [0.717, 1.165) is 56.6 Å². The molecule has 0 spiro atoms. The number of benzene rings is 1. The van der Waals surface area contributed by atoms with E-state index in [2.05, 4.69) is 58.3 Å². The first-order valence-electron chi connectivity index (χ1n) is 9.73. The molecular weight excluding hydrogens is 338 g/mol. The van der Waals surface area contributed by atoms with Crippen molar-refractivity contribution in [2.24, 2.45) is 0 Å². The standard InChI is InChI=1S/C21H29N5O/c1-4-22-19-15-20(24-17(3)23-19)25-10-12-26(13-11-25)21(27)9-8-18-7-5-6-16(2)14-18/h5-7,14-15H,4,8-13H2,1-3H3,(H,22,23,24). The first-order valence-corrected chi connectivity index (χ1v) is 9.73. The molecule has 27 heavy (non-hydrogen) atoms. The zero-order valence-electron chi connectivity index (χ0n) is 16.5. The Morgan fingerprint density at radius 3 is 2.59 bits per heavy atom. The molecular formula is C21H29N5O. The van der Waals surface area contributed by atoms with E-state index in [4.69, 9.17) is 0 Å². The van der Waals surface area contributed by atoms with Gasteiger partial charge in [-0.05, 0) is 32.8 Å². The largest absolute Gasteiger partial charge is 0.370 e. The minimum absolute atomic E-state index is 0.239. The van der Waals surface area contributed by atoms with Gasteiger partial charge in [-0.1, -0.05) is 29.8 Å². The van der Waals surface area contributed by atoms with Crippen molar-refractivity contribution >= 4 is 17.5 Å². The van der Waals surface area contributed by atoms with Crippen molar-refractivity contribution in [3.63, 3.8) is 0 Å². The summed E-state index contributed by atoms with van der Waals surface area (Å²) in [7, 11) is 0. The van der Waals surface area contributed by atoms with Crippen LogP contribution in [0.15, 0.2) is 30.3 Å². The van der Waals surface area contributed by atoms with Crippen molar-refractivity contribution in [3.05, 3.63) is 47.3 Å². The van der Waals surface area contributed by atoms with Crippen LogP contribution in [-0.4, -0.2) is 53.5 Å². The van der Waals surface area contributed by atoms with Crippen molar-refractivity contribution in [3.8, 4) is 0 Å². The third-order valence-corrected chi connectivity index (χ3v) is 4.85. The van der Waals surface area contributed by atoms with Gasteiger partial charge in [-0.15, -0.1) is 0 Å². The van der Waals surface area contributed by atoms with Crippen molar-refractivity contribution in [2.45, 2.75) is 33.6 Å². The van der Waals surface area contributed by atoms with Gasteiger partial charge in [-0.25, -0.2) is 9.97 Å². The van der Waals surface area contributed by atoms with E-state index in [1.807, 2.05) is 17.9 Å². The normalized spacial score (nSPS) is 14.3. The van der Waals surface area contributed by atoms with Gasteiger partial charge in [0.05, 0.1) is 0 Å². The third kappa shape index (κ3) is 5.18. The second-order valence-electron chi connectivity index (χ2n) is 7.05. The molecule has 1 aromatic carbocycles. The van der Waals surface area contributed by atoms with Gasteiger partial charge < -0.3 is 15.1 Å². The van der Waals surface area contributed by atoms with Gasteiger partial charge in [0.2, 0.25) is 5.91 Å². The zero-order chi connectivity index (χ0) is 19.2. The van der Waals surface area contributed by atoms with E-state index in [1.54, 1.807) is 0 Å². The van der Waals surface area contributed by atoms with Crippen LogP contribution < -0.4 is 10.2 Å². The number of rotatable bonds is 6. The highest BCUT2D eigenvalue weighted by Gasteiger charge is 2.22. The van der Waals surface area contributed by atoms with Crippen LogP contribution in [0.2, 0.25) is 0 Å². The average molecular weight is 367 g/mol. The molecule has 1 aliphatic heterocycles. The van der Waals surface area contributed by atoms with Gasteiger partial charge in [0.1, 0.15) is 17.5 Å². The number of carbonyl (C=O) groups is 1. The van der Waals surface area contributed by atoms with Gasteiger partial charge in [-0.2, -0.15) is 0 Å². The van der Waals surface area contributed by atoms with Crippen LogP contribution in [0, 0.1) is 13.8 Å². The maximum Gasteiger partial charge on any atom is 0.223 e. The lowest BCUT2D eigenvalue weighted by molar-refractivity contribution is -0.131. The Labute approximate surface area is 161 Å². The van der Waals surface area contributed by atoms with E-state index in [-0.39, 0.29) is 5.91 Å². The van der Waals surface area contributed by atoms with Crippen molar-refractivity contribution in [1.82, 2.24) is 14.9 Å². The Hall–Kier alpha value is -2.63. The Balaban J connectivity index is 1.53. The molecule has 0 saturated carbocycles. The number of anilines is 2. The summed E-state index contributed by atoms with van der Waals surface area (Å²) in [6.07, 6.45) is 1.37. The second kappa shape index (κ2) is 8.84. The highest BCUT2D eigenvalue weighted by atomic mass is 16.2. The number of hydrogen-bond donors (Lipinski definition) is 1. The molecule has 6 heteroatoms. The Kier molecular flexibility index (Phi) is 6.27.